The van der Waals surface area contributed by atoms with Gasteiger partial charge in [0.05, 0.1) is 18.8 Å². The first-order chi connectivity index (χ1) is 21.0. The second-order valence-electron chi connectivity index (χ2n) is 12.2. The van der Waals surface area contributed by atoms with Crippen LogP contribution in [0.2, 0.25) is 0 Å². The fourth-order valence-corrected chi connectivity index (χ4v) is 5.10. The van der Waals surface area contributed by atoms with Crippen LogP contribution in [0.1, 0.15) is 162 Å². The SMILES string of the molecule is CCCC/C=C\CCCCCC(O)C(=O)NC(CO)C(O)C(O)CCC/C=C/CC/C=C/CCCCCCCCCCC. The third kappa shape index (κ3) is 26.6. The number of rotatable bonds is 31. The van der Waals surface area contributed by atoms with Crippen molar-refractivity contribution in [3.8, 4) is 0 Å². The molecule has 0 fully saturated rings. The minimum absolute atomic E-state index is 0.337. The van der Waals surface area contributed by atoms with E-state index in [1.807, 2.05) is 0 Å². The first-order valence-corrected chi connectivity index (χ1v) is 17.9. The largest absolute Gasteiger partial charge is 0.394 e. The average molecular weight is 608 g/mol. The van der Waals surface area contributed by atoms with Crippen LogP contribution in [0.25, 0.3) is 0 Å². The minimum atomic E-state index is -1.29. The molecule has 1 amide bonds. The average Bonchev–Trinajstić information content (AvgIpc) is 3.01. The summed E-state index contributed by atoms with van der Waals surface area (Å²) in [6.07, 6.45) is 34.6. The Morgan fingerprint density at radius 2 is 1.00 bits per heavy atom. The van der Waals surface area contributed by atoms with Crippen molar-refractivity contribution in [1.82, 2.24) is 5.32 Å². The summed E-state index contributed by atoms with van der Waals surface area (Å²) >= 11 is 0. The predicted octanol–water partition coefficient (Wildman–Crippen LogP) is 8.23. The van der Waals surface area contributed by atoms with Gasteiger partial charge in [0.15, 0.2) is 0 Å². The van der Waals surface area contributed by atoms with Crippen LogP contribution in [0.15, 0.2) is 36.5 Å². The lowest BCUT2D eigenvalue weighted by atomic mass is 10.00. The quantitative estimate of drug-likeness (QED) is 0.0403. The minimum Gasteiger partial charge on any atom is -0.394 e. The maximum absolute atomic E-state index is 12.4. The smallest absolute Gasteiger partial charge is 0.249 e. The van der Waals surface area contributed by atoms with Crippen molar-refractivity contribution in [2.45, 2.75) is 186 Å². The molecule has 4 atom stereocenters. The van der Waals surface area contributed by atoms with Crippen molar-refractivity contribution < 1.29 is 25.2 Å². The van der Waals surface area contributed by atoms with E-state index in [0.717, 1.165) is 51.4 Å². The molecule has 43 heavy (non-hydrogen) atoms. The highest BCUT2D eigenvalue weighted by atomic mass is 16.3. The molecule has 0 aromatic heterocycles. The molecular weight excluding hydrogens is 538 g/mol. The van der Waals surface area contributed by atoms with Crippen LogP contribution >= 0.6 is 0 Å². The second-order valence-corrected chi connectivity index (χ2v) is 12.2. The molecule has 0 aliphatic rings. The summed E-state index contributed by atoms with van der Waals surface area (Å²) in [6, 6.07) is -1.01. The summed E-state index contributed by atoms with van der Waals surface area (Å²) < 4.78 is 0. The number of unbranched alkanes of at least 4 members (excludes halogenated alkanes) is 16. The molecule has 0 heterocycles. The second kappa shape index (κ2) is 31.9. The van der Waals surface area contributed by atoms with Crippen molar-refractivity contribution in [2.24, 2.45) is 0 Å². The normalized spacial score (nSPS) is 15.0. The van der Waals surface area contributed by atoms with Gasteiger partial charge < -0.3 is 25.7 Å². The highest BCUT2D eigenvalue weighted by Crippen LogP contribution is 2.13. The monoisotopic (exact) mass is 608 g/mol. The third-order valence-electron chi connectivity index (χ3n) is 8.05. The lowest BCUT2D eigenvalue weighted by molar-refractivity contribution is -0.132. The molecule has 4 unspecified atom stereocenters. The number of hydrogen-bond donors (Lipinski definition) is 5. The van der Waals surface area contributed by atoms with Crippen LogP contribution in [0, 0.1) is 0 Å². The van der Waals surface area contributed by atoms with Crippen LogP contribution < -0.4 is 5.32 Å². The van der Waals surface area contributed by atoms with Gasteiger partial charge in [-0.1, -0.05) is 127 Å². The van der Waals surface area contributed by atoms with Crippen LogP contribution in [-0.4, -0.2) is 57.3 Å². The number of allylic oxidation sites excluding steroid dienone is 6. The van der Waals surface area contributed by atoms with Gasteiger partial charge in [0.1, 0.15) is 12.2 Å². The molecule has 0 radical (unpaired) electrons. The number of hydrogen-bond acceptors (Lipinski definition) is 5. The molecule has 5 N–H and O–H groups in total. The Bertz CT molecular complexity index is 692. The molecule has 0 aliphatic heterocycles. The van der Waals surface area contributed by atoms with E-state index in [4.69, 9.17) is 0 Å². The lowest BCUT2D eigenvalue weighted by Gasteiger charge is -2.27. The van der Waals surface area contributed by atoms with Crippen LogP contribution in [-0.2, 0) is 4.79 Å². The first kappa shape index (κ1) is 41.5. The molecule has 0 aliphatic carbocycles. The van der Waals surface area contributed by atoms with E-state index in [0.29, 0.717) is 19.3 Å². The van der Waals surface area contributed by atoms with Gasteiger partial charge >= 0.3 is 0 Å². The number of carbonyl (C=O) groups excluding carboxylic acids is 1. The number of amides is 1. The Morgan fingerprint density at radius 1 is 0.558 bits per heavy atom. The van der Waals surface area contributed by atoms with Crippen LogP contribution in [0.4, 0.5) is 0 Å². The summed E-state index contributed by atoms with van der Waals surface area (Å²) in [5.41, 5.74) is 0. The molecule has 0 rings (SSSR count). The molecule has 6 nitrogen and oxygen atoms in total. The standard InChI is InChI=1S/C37H69NO5/c1-3-5-7-9-11-13-14-15-16-17-18-19-20-21-23-24-26-28-30-34(40)36(42)33(32-39)38-37(43)35(41)31-29-27-25-22-12-10-8-6-4-2/h10,12,18-19,23-24,33-36,39-42H,3-9,11,13-17,20-22,25-32H2,1-2H3,(H,38,43)/b12-10-,19-18+,24-23+. The Balaban J connectivity index is 3.91. The summed E-state index contributed by atoms with van der Waals surface area (Å²) in [5.74, 6) is -0.616. The van der Waals surface area contributed by atoms with Gasteiger partial charge in [-0.25, -0.2) is 0 Å². The van der Waals surface area contributed by atoms with Gasteiger partial charge in [0, 0.05) is 0 Å². The first-order valence-electron chi connectivity index (χ1n) is 17.9. The number of aliphatic hydroxyl groups is 4. The van der Waals surface area contributed by atoms with E-state index in [1.54, 1.807) is 0 Å². The van der Waals surface area contributed by atoms with Gasteiger partial charge in [-0.3, -0.25) is 4.79 Å². The Morgan fingerprint density at radius 3 is 1.53 bits per heavy atom. The van der Waals surface area contributed by atoms with Crippen LogP contribution in [0.3, 0.4) is 0 Å². The number of aliphatic hydroxyl groups excluding tert-OH is 4. The van der Waals surface area contributed by atoms with Crippen molar-refractivity contribution in [3.05, 3.63) is 36.5 Å². The molecule has 0 saturated heterocycles. The van der Waals surface area contributed by atoms with E-state index in [1.165, 1.54) is 77.0 Å². The van der Waals surface area contributed by atoms with Crippen molar-refractivity contribution >= 4 is 5.91 Å². The summed E-state index contributed by atoms with van der Waals surface area (Å²) in [4.78, 5) is 12.4. The molecule has 0 spiro atoms. The van der Waals surface area contributed by atoms with Crippen molar-refractivity contribution in [3.63, 3.8) is 0 Å². The Labute approximate surface area is 265 Å². The van der Waals surface area contributed by atoms with Crippen molar-refractivity contribution in [1.29, 1.82) is 0 Å². The highest BCUT2D eigenvalue weighted by molar-refractivity contribution is 5.80. The lowest BCUT2D eigenvalue weighted by Crippen LogP contribution is -2.53. The maximum atomic E-state index is 12.4. The Kier molecular flexibility index (Phi) is 30.8. The maximum Gasteiger partial charge on any atom is 0.249 e. The van der Waals surface area contributed by atoms with E-state index >= 15 is 0 Å². The zero-order chi connectivity index (χ0) is 31.8. The molecule has 6 heteroatoms. The Hall–Kier alpha value is -1.47. The topological polar surface area (TPSA) is 110 Å². The van der Waals surface area contributed by atoms with E-state index in [9.17, 15) is 25.2 Å². The number of nitrogens with one attached hydrogen (secondary N) is 1. The van der Waals surface area contributed by atoms with Gasteiger partial charge in [-0.05, 0) is 70.6 Å². The zero-order valence-corrected chi connectivity index (χ0v) is 27.9. The summed E-state index contributed by atoms with van der Waals surface area (Å²) in [6.45, 7) is 3.94. The molecule has 0 aromatic rings. The fraction of sp³-hybridized carbons (Fsp3) is 0.811. The van der Waals surface area contributed by atoms with Gasteiger partial charge in [-0.15, -0.1) is 0 Å². The zero-order valence-electron chi connectivity index (χ0n) is 27.9. The molecule has 252 valence electrons. The van der Waals surface area contributed by atoms with Gasteiger partial charge in [-0.2, -0.15) is 0 Å². The molecular formula is C37H69NO5. The summed E-state index contributed by atoms with van der Waals surface area (Å²) in [5, 5.41) is 43.2. The summed E-state index contributed by atoms with van der Waals surface area (Å²) in [7, 11) is 0. The van der Waals surface area contributed by atoms with Gasteiger partial charge in [0.25, 0.3) is 0 Å². The fourth-order valence-electron chi connectivity index (χ4n) is 5.10. The van der Waals surface area contributed by atoms with Gasteiger partial charge in [0.2, 0.25) is 5.91 Å². The third-order valence-corrected chi connectivity index (χ3v) is 8.05. The predicted molar refractivity (Wildman–Crippen MR) is 182 cm³/mol. The number of carbonyl (C=O) groups is 1. The molecule has 0 aromatic carbocycles. The van der Waals surface area contributed by atoms with Crippen molar-refractivity contribution in [2.75, 3.05) is 6.61 Å². The van der Waals surface area contributed by atoms with Crippen LogP contribution in [0.5, 0.6) is 0 Å². The molecule has 0 bridgehead atoms. The molecule has 0 saturated carbocycles. The van der Waals surface area contributed by atoms with E-state index in [2.05, 4.69) is 55.6 Å². The van der Waals surface area contributed by atoms with E-state index in [-0.39, 0.29) is 0 Å². The highest BCUT2D eigenvalue weighted by Gasteiger charge is 2.28. The van der Waals surface area contributed by atoms with E-state index < -0.39 is 36.9 Å².